The van der Waals surface area contributed by atoms with Gasteiger partial charge in [-0.25, -0.2) is 17.7 Å². The molecule has 33 heavy (non-hydrogen) atoms. The minimum Gasteiger partial charge on any atom is -0.366 e. The van der Waals surface area contributed by atoms with Crippen LogP contribution < -0.4 is 4.90 Å². The van der Waals surface area contributed by atoms with E-state index in [4.69, 9.17) is 5.26 Å². The Morgan fingerprint density at radius 3 is 2.55 bits per heavy atom. The van der Waals surface area contributed by atoms with E-state index in [-0.39, 0.29) is 48.8 Å². The third-order valence-electron chi connectivity index (χ3n) is 6.41. The number of nitrogens with zero attached hydrogens (tertiary/aromatic N) is 2. The molecule has 6 nitrogen and oxygen atoms in total. The molecule has 180 valence electrons. The van der Waals surface area contributed by atoms with Gasteiger partial charge in [-0.2, -0.15) is 17.5 Å². The fraction of sp³-hybridized carbons (Fsp3) is 0.455. The highest BCUT2D eigenvalue weighted by Gasteiger charge is 2.36. The molecule has 2 aromatic rings. The first kappa shape index (κ1) is 23.9. The van der Waals surface area contributed by atoms with Crippen molar-refractivity contribution in [3.05, 3.63) is 58.9 Å². The molecule has 1 aliphatic carbocycles. The van der Waals surface area contributed by atoms with Crippen molar-refractivity contribution in [3.8, 4) is 0 Å². The number of anilines is 1. The number of hydrogen-bond donors (Lipinski definition) is 1. The molecule has 1 heterocycles. The maximum Gasteiger partial charge on any atom is 0.419 e. The van der Waals surface area contributed by atoms with Crippen molar-refractivity contribution in [2.45, 2.75) is 42.8 Å². The molecule has 0 aromatic heterocycles. The Morgan fingerprint density at radius 2 is 1.91 bits per heavy atom. The minimum atomic E-state index is -4.78. The molecule has 0 bridgehead atoms. The van der Waals surface area contributed by atoms with Crippen molar-refractivity contribution < 1.29 is 36.1 Å². The number of halogens is 4. The number of sulfonamides is 1. The number of piperazine rings is 1. The normalized spacial score (nSPS) is 21.9. The van der Waals surface area contributed by atoms with Gasteiger partial charge < -0.3 is 4.90 Å². The fourth-order valence-corrected chi connectivity index (χ4v) is 6.23. The molecule has 1 N–H and O–H groups in total. The summed E-state index contributed by atoms with van der Waals surface area (Å²) in [5.41, 5.74) is 0.812. The van der Waals surface area contributed by atoms with E-state index in [0.29, 0.717) is 6.07 Å². The number of aryl methyl sites for hydroxylation is 1. The second-order valence-electron chi connectivity index (χ2n) is 8.46. The van der Waals surface area contributed by atoms with Crippen LogP contribution in [-0.2, 0) is 27.5 Å². The smallest absolute Gasteiger partial charge is 0.366 e. The topological polar surface area (TPSA) is 70.1 Å². The van der Waals surface area contributed by atoms with Crippen LogP contribution in [0.2, 0.25) is 0 Å². The first-order valence-corrected chi connectivity index (χ1v) is 12.0. The molecular weight excluding hydrogens is 464 g/mol. The van der Waals surface area contributed by atoms with Gasteiger partial charge >= 0.3 is 6.18 Å². The number of fused-ring (bicyclic) bond motifs is 1. The summed E-state index contributed by atoms with van der Waals surface area (Å²) in [5.74, 6) is -1.44. The van der Waals surface area contributed by atoms with Gasteiger partial charge in [-0.3, -0.25) is 5.26 Å². The molecule has 1 saturated heterocycles. The summed E-state index contributed by atoms with van der Waals surface area (Å²) in [6.45, 7) is 2.25. The van der Waals surface area contributed by atoms with Crippen LogP contribution in [-0.4, -0.2) is 50.3 Å². The highest BCUT2D eigenvalue weighted by molar-refractivity contribution is 7.89. The number of alkyl halides is 3. The Bertz CT molecular complexity index is 1140. The van der Waals surface area contributed by atoms with Crippen molar-refractivity contribution in [1.29, 1.82) is 0 Å². The maximum absolute atomic E-state index is 14.0. The maximum atomic E-state index is 14.0. The van der Waals surface area contributed by atoms with Crippen LogP contribution in [0.15, 0.2) is 41.3 Å². The Kier molecular flexibility index (Phi) is 6.43. The standard InChI is InChI=1S/C22H24F4N2O4S/c1-14-12-27(8-9-28(14)17-5-7-20(21(23)10-17)22(24,25)26)33(30,31)18-6-4-15-2-3-16(13-32-29)19(15)11-18/h4-7,10-11,14,16,29H,2-3,8-9,12-13H2,1H3/t14-,16?/m0/s1. The average molecular weight is 489 g/mol. The monoisotopic (exact) mass is 488 g/mol. The van der Waals surface area contributed by atoms with E-state index in [2.05, 4.69) is 4.89 Å². The van der Waals surface area contributed by atoms with E-state index in [9.17, 15) is 26.0 Å². The molecule has 1 fully saturated rings. The van der Waals surface area contributed by atoms with Crippen LogP contribution in [0.5, 0.6) is 0 Å². The summed E-state index contributed by atoms with van der Waals surface area (Å²) in [6.07, 6.45) is -3.24. The second-order valence-corrected chi connectivity index (χ2v) is 10.4. The molecule has 2 atom stereocenters. The Hall–Kier alpha value is -2.21. The van der Waals surface area contributed by atoms with Crippen LogP contribution in [0.25, 0.3) is 0 Å². The predicted molar refractivity (Wildman–Crippen MR) is 113 cm³/mol. The number of benzene rings is 2. The summed E-state index contributed by atoms with van der Waals surface area (Å²) in [4.78, 5) is 6.12. The minimum absolute atomic E-state index is 0.0783. The van der Waals surface area contributed by atoms with Crippen LogP contribution in [0.3, 0.4) is 0 Å². The lowest BCUT2D eigenvalue weighted by molar-refractivity contribution is -0.245. The van der Waals surface area contributed by atoms with Gasteiger partial charge in [-0.1, -0.05) is 6.07 Å². The molecule has 0 saturated carbocycles. The SMILES string of the molecule is C[C@H]1CN(S(=O)(=O)c2ccc3c(c2)C(COO)CC3)CCN1c1ccc(C(F)(F)F)c(F)c1. The van der Waals surface area contributed by atoms with Gasteiger partial charge in [-0.15, -0.1) is 0 Å². The van der Waals surface area contributed by atoms with Crippen LogP contribution in [0.1, 0.15) is 36.0 Å². The molecule has 11 heteroatoms. The molecule has 4 rings (SSSR count). The molecule has 0 spiro atoms. The summed E-state index contributed by atoms with van der Waals surface area (Å²) >= 11 is 0. The third-order valence-corrected chi connectivity index (χ3v) is 8.27. The van der Waals surface area contributed by atoms with Gasteiger partial charge in [0.1, 0.15) is 5.82 Å². The number of hydrogen-bond acceptors (Lipinski definition) is 5. The van der Waals surface area contributed by atoms with Crippen molar-refractivity contribution in [2.24, 2.45) is 0 Å². The fourth-order valence-electron chi connectivity index (χ4n) is 4.68. The van der Waals surface area contributed by atoms with E-state index in [1.165, 1.54) is 10.4 Å². The lowest BCUT2D eigenvalue weighted by Crippen LogP contribution is -2.53. The molecule has 0 radical (unpaired) electrons. The van der Waals surface area contributed by atoms with Gasteiger partial charge in [0.25, 0.3) is 0 Å². The molecule has 0 amide bonds. The van der Waals surface area contributed by atoms with Crippen LogP contribution >= 0.6 is 0 Å². The zero-order valence-corrected chi connectivity index (χ0v) is 18.7. The quantitative estimate of drug-likeness (QED) is 0.387. The van der Waals surface area contributed by atoms with E-state index in [1.807, 2.05) is 0 Å². The van der Waals surface area contributed by atoms with Crippen molar-refractivity contribution in [2.75, 3.05) is 31.1 Å². The highest BCUT2D eigenvalue weighted by atomic mass is 32.2. The van der Waals surface area contributed by atoms with E-state index < -0.39 is 27.6 Å². The molecule has 1 aliphatic heterocycles. The van der Waals surface area contributed by atoms with Crippen LogP contribution in [0, 0.1) is 5.82 Å². The summed E-state index contributed by atoms with van der Waals surface area (Å²) in [7, 11) is -3.81. The molecule has 1 unspecified atom stereocenters. The van der Waals surface area contributed by atoms with Gasteiger partial charge in [-0.05, 0) is 61.2 Å². The highest BCUT2D eigenvalue weighted by Crippen LogP contribution is 2.36. The van der Waals surface area contributed by atoms with E-state index >= 15 is 0 Å². The lowest BCUT2D eigenvalue weighted by atomic mass is 10.0. The van der Waals surface area contributed by atoms with Crippen LogP contribution in [0.4, 0.5) is 23.2 Å². The van der Waals surface area contributed by atoms with Crippen molar-refractivity contribution in [3.63, 3.8) is 0 Å². The zero-order chi connectivity index (χ0) is 24.0. The van der Waals surface area contributed by atoms with E-state index in [1.54, 1.807) is 30.0 Å². The van der Waals surface area contributed by atoms with E-state index in [0.717, 1.165) is 30.0 Å². The van der Waals surface area contributed by atoms with Crippen molar-refractivity contribution >= 4 is 15.7 Å². The van der Waals surface area contributed by atoms with Gasteiger partial charge in [0, 0.05) is 37.3 Å². The Balaban J connectivity index is 1.52. The molecule has 2 aromatic carbocycles. The van der Waals surface area contributed by atoms with Gasteiger partial charge in [0.2, 0.25) is 10.0 Å². The summed E-state index contributed by atoms with van der Waals surface area (Å²) in [6, 6.07) is 7.35. The first-order valence-electron chi connectivity index (χ1n) is 10.5. The Labute approximate surface area is 189 Å². The molecular formula is C22H24F4N2O4S. The molecule has 2 aliphatic rings. The van der Waals surface area contributed by atoms with Gasteiger partial charge in [0.05, 0.1) is 17.1 Å². The largest absolute Gasteiger partial charge is 0.419 e. The van der Waals surface area contributed by atoms with Gasteiger partial charge in [0.15, 0.2) is 0 Å². The second kappa shape index (κ2) is 8.86. The summed E-state index contributed by atoms with van der Waals surface area (Å²) in [5, 5.41) is 8.80. The predicted octanol–water partition coefficient (Wildman–Crippen LogP) is 4.26. The zero-order valence-electron chi connectivity index (χ0n) is 17.8. The summed E-state index contributed by atoms with van der Waals surface area (Å²) < 4.78 is 80.5. The average Bonchev–Trinajstić information content (AvgIpc) is 3.15. The lowest BCUT2D eigenvalue weighted by Gasteiger charge is -2.40. The third kappa shape index (κ3) is 4.59. The van der Waals surface area contributed by atoms with Crippen molar-refractivity contribution in [1.82, 2.24) is 4.31 Å². The Morgan fingerprint density at radius 1 is 1.15 bits per heavy atom. The first-order chi connectivity index (χ1) is 15.5. The number of rotatable bonds is 5.